The Hall–Kier alpha value is -3.87. The second-order valence-corrected chi connectivity index (χ2v) is 11.0. The number of nitrogens with one attached hydrogen (secondary N) is 2. The minimum absolute atomic E-state index is 0.00995. The lowest BCUT2D eigenvalue weighted by molar-refractivity contribution is -0.130. The molecule has 1 aromatic heterocycles. The zero-order valence-electron chi connectivity index (χ0n) is 19.5. The lowest BCUT2D eigenvalue weighted by atomic mass is 9.81. The number of carboxylic acid groups (broad SMARTS) is 1. The smallest absolute Gasteiger partial charge is 0.404 e. The lowest BCUT2D eigenvalue weighted by Gasteiger charge is -2.29. The maximum Gasteiger partial charge on any atom is 0.404 e. The summed E-state index contributed by atoms with van der Waals surface area (Å²) in [6.45, 7) is 3.47. The molecule has 1 aliphatic heterocycles. The number of carbonyl (C=O) groups excluding carboxylic acids is 1. The van der Waals surface area contributed by atoms with Gasteiger partial charge in [-0.25, -0.2) is 17.6 Å². The Morgan fingerprint density at radius 2 is 1.78 bits per heavy atom. The molecule has 196 valence electrons. The van der Waals surface area contributed by atoms with Crippen LogP contribution in [0.1, 0.15) is 35.5 Å². The van der Waals surface area contributed by atoms with E-state index in [2.05, 4.69) is 4.98 Å². The molecule has 2 aromatic carbocycles. The van der Waals surface area contributed by atoms with Gasteiger partial charge in [-0.2, -0.15) is 13.2 Å². The second-order valence-electron chi connectivity index (χ2n) is 9.28. The molecule has 0 bridgehead atoms. The molecule has 0 unspecified atom stereocenters. The first-order valence-corrected chi connectivity index (χ1v) is 12.5. The Labute approximate surface area is 208 Å². The summed E-state index contributed by atoms with van der Waals surface area (Å²) in [5, 5.41) is 10.3. The highest BCUT2D eigenvalue weighted by atomic mass is 32.2. The number of hydrogen-bond donors (Lipinski definition) is 3. The van der Waals surface area contributed by atoms with E-state index in [9.17, 15) is 40.7 Å². The molecule has 0 atom stereocenters. The van der Waals surface area contributed by atoms with Crippen molar-refractivity contribution in [1.82, 2.24) is 9.88 Å². The van der Waals surface area contributed by atoms with Crippen LogP contribution in [0.5, 0.6) is 0 Å². The Bertz CT molecular complexity index is 1540. The molecule has 1 aliphatic rings. The second kappa shape index (κ2) is 8.91. The number of fused-ring (bicyclic) bond motifs is 3. The van der Waals surface area contributed by atoms with Crippen molar-refractivity contribution >= 4 is 44.1 Å². The number of hydrogen-bond acceptors (Lipinski definition) is 4. The third kappa shape index (κ3) is 5.45. The van der Waals surface area contributed by atoms with Gasteiger partial charge in [-0.15, -0.1) is 0 Å². The monoisotopic (exact) mass is 539 g/mol. The molecule has 37 heavy (non-hydrogen) atoms. The number of sulfonamides is 1. The lowest BCUT2D eigenvalue weighted by Crippen LogP contribution is -2.37. The molecular formula is C24H21F4N3O5S. The molecule has 0 fully saturated rings. The number of alkyl halides is 3. The van der Waals surface area contributed by atoms with Crippen LogP contribution < -0.4 is 4.72 Å². The van der Waals surface area contributed by atoms with Crippen molar-refractivity contribution in [1.29, 1.82) is 0 Å². The highest BCUT2D eigenvalue weighted by molar-refractivity contribution is 7.92. The van der Waals surface area contributed by atoms with Gasteiger partial charge in [-0.1, -0.05) is 13.8 Å². The topological polar surface area (TPSA) is 120 Å². The van der Waals surface area contributed by atoms with Crippen molar-refractivity contribution in [3.63, 3.8) is 0 Å². The van der Waals surface area contributed by atoms with Crippen LogP contribution in [0.3, 0.4) is 0 Å². The van der Waals surface area contributed by atoms with Crippen LogP contribution in [-0.2, 0) is 20.2 Å². The van der Waals surface area contributed by atoms with Gasteiger partial charge in [0.1, 0.15) is 5.82 Å². The normalized spacial score (nSPS) is 15.6. The number of rotatable bonds is 5. The number of halogens is 4. The predicted molar refractivity (Wildman–Crippen MR) is 128 cm³/mol. The van der Waals surface area contributed by atoms with Gasteiger partial charge >= 0.3 is 12.1 Å². The molecule has 2 heterocycles. The summed E-state index contributed by atoms with van der Waals surface area (Å²) in [4.78, 5) is 29.6. The SMILES string of the molecule is CC1(C)CN(C(=O)c2ccc(F)cc2)C=C(C(=O)O)c2[nH]c3ccc(NS(=O)(=O)CC(F)(F)F)cc3c21. The van der Waals surface area contributed by atoms with E-state index in [0.29, 0.717) is 16.5 Å². The highest BCUT2D eigenvalue weighted by Gasteiger charge is 2.38. The minimum Gasteiger partial charge on any atom is -0.478 e. The quantitative estimate of drug-likeness (QED) is 0.414. The van der Waals surface area contributed by atoms with Gasteiger partial charge in [-0.05, 0) is 48.0 Å². The number of anilines is 1. The maximum atomic E-state index is 13.3. The van der Waals surface area contributed by atoms with Crippen molar-refractivity contribution in [2.24, 2.45) is 0 Å². The number of aliphatic carboxylic acids is 1. The Kier molecular flexibility index (Phi) is 6.31. The van der Waals surface area contributed by atoms with E-state index in [-0.39, 0.29) is 29.1 Å². The van der Waals surface area contributed by atoms with Gasteiger partial charge in [0.15, 0.2) is 5.75 Å². The van der Waals surface area contributed by atoms with Crippen LogP contribution in [0.25, 0.3) is 16.5 Å². The van der Waals surface area contributed by atoms with Crippen LogP contribution >= 0.6 is 0 Å². The zero-order chi connectivity index (χ0) is 27.3. The van der Waals surface area contributed by atoms with Crippen molar-refractivity contribution in [2.45, 2.75) is 25.4 Å². The molecule has 0 saturated heterocycles. The molecule has 3 N–H and O–H groups in total. The fourth-order valence-electron chi connectivity index (χ4n) is 4.41. The van der Waals surface area contributed by atoms with Crippen LogP contribution in [0.4, 0.5) is 23.2 Å². The fourth-order valence-corrected chi connectivity index (χ4v) is 5.40. The summed E-state index contributed by atoms with van der Waals surface area (Å²) in [5.74, 6) is -4.53. The van der Waals surface area contributed by atoms with Crippen molar-refractivity contribution in [3.05, 3.63) is 71.3 Å². The largest absolute Gasteiger partial charge is 0.478 e. The number of aromatic nitrogens is 1. The van der Waals surface area contributed by atoms with E-state index in [1.165, 1.54) is 41.4 Å². The van der Waals surface area contributed by atoms with Crippen LogP contribution in [0.15, 0.2) is 48.7 Å². The Balaban J connectivity index is 1.81. The average molecular weight is 540 g/mol. The van der Waals surface area contributed by atoms with E-state index >= 15 is 0 Å². The van der Waals surface area contributed by atoms with Crippen molar-refractivity contribution in [2.75, 3.05) is 17.0 Å². The molecule has 0 aliphatic carbocycles. The van der Waals surface area contributed by atoms with Gasteiger partial charge in [-0.3, -0.25) is 9.52 Å². The number of carboxylic acids is 1. The predicted octanol–water partition coefficient (Wildman–Crippen LogP) is 4.47. The molecule has 13 heteroatoms. The fraction of sp³-hybridized carbons (Fsp3) is 0.250. The first kappa shape index (κ1) is 26.2. The number of amides is 1. The van der Waals surface area contributed by atoms with E-state index in [1.54, 1.807) is 13.8 Å². The number of aromatic amines is 1. The third-order valence-corrected chi connectivity index (χ3v) is 7.06. The van der Waals surface area contributed by atoms with Gasteiger partial charge in [0, 0.05) is 40.3 Å². The Morgan fingerprint density at radius 1 is 1.14 bits per heavy atom. The molecule has 0 radical (unpaired) electrons. The molecule has 4 rings (SSSR count). The first-order valence-electron chi connectivity index (χ1n) is 10.8. The number of benzene rings is 2. The van der Waals surface area contributed by atoms with E-state index < -0.39 is 45.1 Å². The number of nitrogens with zero attached hydrogens (tertiary/aromatic N) is 1. The maximum absolute atomic E-state index is 13.3. The summed E-state index contributed by atoms with van der Waals surface area (Å²) in [5.41, 5.74) is -0.164. The van der Waals surface area contributed by atoms with Crippen molar-refractivity contribution < 1.29 is 40.7 Å². The molecular weight excluding hydrogens is 518 g/mol. The standard InChI is InChI=1S/C24H21F4N3O5S/c1-23(2)11-31(21(32)13-3-5-14(25)6-4-13)10-17(22(33)34)20-19(23)16-9-15(7-8-18(16)29-20)30-37(35,36)12-24(26,27)28/h3-10,29-30H,11-12H2,1-2H3,(H,33,34). The molecule has 8 nitrogen and oxygen atoms in total. The van der Waals surface area contributed by atoms with E-state index in [1.807, 2.05) is 4.72 Å². The Morgan fingerprint density at radius 3 is 2.38 bits per heavy atom. The molecule has 0 spiro atoms. The van der Waals surface area contributed by atoms with E-state index in [0.717, 1.165) is 12.1 Å². The summed E-state index contributed by atoms with van der Waals surface area (Å²) < 4.78 is 77.2. The summed E-state index contributed by atoms with van der Waals surface area (Å²) >= 11 is 0. The highest BCUT2D eigenvalue weighted by Crippen LogP contribution is 2.41. The zero-order valence-corrected chi connectivity index (χ0v) is 20.3. The van der Waals surface area contributed by atoms with Crippen LogP contribution in [-0.4, -0.2) is 53.8 Å². The van der Waals surface area contributed by atoms with Gasteiger partial charge in [0.25, 0.3) is 5.91 Å². The van der Waals surface area contributed by atoms with E-state index in [4.69, 9.17) is 0 Å². The third-order valence-electron chi connectivity index (χ3n) is 5.80. The van der Waals surface area contributed by atoms with Gasteiger partial charge < -0.3 is 15.0 Å². The minimum atomic E-state index is -4.94. The molecule has 0 saturated carbocycles. The molecule has 1 amide bonds. The summed E-state index contributed by atoms with van der Waals surface area (Å²) in [7, 11) is -4.75. The van der Waals surface area contributed by atoms with Crippen molar-refractivity contribution in [3.8, 4) is 0 Å². The van der Waals surface area contributed by atoms with Crippen LogP contribution in [0, 0.1) is 5.82 Å². The summed E-state index contributed by atoms with van der Waals surface area (Å²) in [6.07, 6.45) is -3.77. The number of carbonyl (C=O) groups is 2. The van der Waals surface area contributed by atoms with Crippen LogP contribution in [0.2, 0.25) is 0 Å². The number of H-pyrrole nitrogens is 1. The summed E-state index contributed by atoms with van der Waals surface area (Å²) in [6, 6.07) is 8.76. The first-order chi connectivity index (χ1) is 17.1. The van der Waals surface area contributed by atoms with Gasteiger partial charge in [0.2, 0.25) is 10.0 Å². The average Bonchev–Trinajstić information content (AvgIpc) is 3.08. The molecule has 3 aromatic rings. The van der Waals surface area contributed by atoms with Gasteiger partial charge in [0.05, 0.1) is 11.3 Å².